The maximum atomic E-state index is 9.95. The largest absolute Gasteiger partial charge is 0.446 e. The van der Waals surface area contributed by atoms with Crippen molar-refractivity contribution in [3.8, 4) is 11.5 Å². The van der Waals surface area contributed by atoms with E-state index in [1.807, 2.05) is 36.4 Å². The molecule has 0 unspecified atom stereocenters. The molecule has 25 heavy (non-hydrogen) atoms. The van der Waals surface area contributed by atoms with Crippen LogP contribution in [0.25, 0.3) is 17.2 Å². The highest BCUT2D eigenvalue weighted by Gasteiger charge is 2.14. The van der Waals surface area contributed by atoms with Gasteiger partial charge in [0.25, 0.3) is 0 Å². The predicted octanol–water partition coefficient (Wildman–Crippen LogP) is 2.33. The van der Waals surface area contributed by atoms with Crippen LogP contribution in [0.1, 0.15) is 18.3 Å². The average molecular weight is 333 g/mol. The number of aryl methyl sites for hydroxylation is 1. The molecule has 0 atom stereocenters. The lowest BCUT2D eigenvalue weighted by Crippen LogP contribution is -2.30. The molecule has 0 saturated heterocycles. The Morgan fingerprint density at radius 2 is 2.16 bits per heavy atom. The van der Waals surface area contributed by atoms with Crippen molar-refractivity contribution >= 4 is 23.8 Å². The number of hydrogen-bond acceptors (Lipinski definition) is 5. The van der Waals surface area contributed by atoms with Crippen LogP contribution >= 0.6 is 0 Å². The van der Waals surface area contributed by atoms with Crippen LogP contribution in [0, 0.1) is 0 Å². The molecule has 0 bridgehead atoms. The van der Waals surface area contributed by atoms with Gasteiger partial charge in [0, 0.05) is 11.9 Å². The molecule has 0 aliphatic rings. The molecule has 3 rings (SSSR count). The number of nitrogens with zero attached hydrogens (tertiary/aromatic N) is 3. The van der Waals surface area contributed by atoms with Gasteiger partial charge in [-0.1, -0.05) is 38.0 Å². The van der Waals surface area contributed by atoms with Gasteiger partial charge in [-0.2, -0.15) is 5.10 Å². The second kappa shape index (κ2) is 7.31. The van der Waals surface area contributed by atoms with Crippen LogP contribution in [0.5, 0.6) is 0 Å². The Labute approximate surface area is 147 Å². The third-order valence-corrected chi connectivity index (χ3v) is 3.93. The summed E-state index contributed by atoms with van der Waals surface area (Å²) in [6.45, 7) is 7.32. The fourth-order valence-electron chi connectivity index (χ4n) is 2.63. The number of anilines is 1. The van der Waals surface area contributed by atoms with Crippen LogP contribution in [-0.4, -0.2) is 32.1 Å². The van der Waals surface area contributed by atoms with Crippen molar-refractivity contribution in [1.82, 2.24) is 20.2 Å². The minimum Gasteiger partial charge on any atom is -0.446 e. The van der Waals surface area contributed by atoms with Gasteiger partial charge in [0.15, 0.2) is 11.6 Å². The average Bonchev–Trinajstić information content (AvgIpc) is 3.12. The summed E-state index contributed by atoms with van der Waals surface area (Å²) < 4.78 is 0. The molecular weight excluding hydrogens is 313 g/mol. The van der Waals surface area contributed by atoms with Crippen molar-refractivity contribution in [1.29, 1.82) is 0 Å². The van der Waals surface area contributed by atoms with Crippen molar-refractivity contribution in [2.45, 2.75) is 20.2 Å². The van der Waals surface area contributed by atoms with Crippen molar-refractivity contribution in [3.05, 3.63) is 60.6 Å². The Balaban J connectivity index is 1.79. The Bertz CT molecular complexity index is 876. The SMILES string of the molecule is C=C(Nc1ccc(CC)c(B(C)O)c1)c1n[nH]c(-c2ccccn2)n1. The molecule has 126 valence electrons. The fraction of sp³-hybridized carbons (Fsp3) is 0.167. The molecule has 0 saturated carbocycles. The van der Waals surface area contributed by atoms with E-state index in [-0.39, 0.29) is 0 Å². The molecule has 6 nitrogen and oxygen atoms in total. The van der Waals surface area contributed by atoms with Gasteiger partial charge in [0.05, 0.1) is 5.70 Å². The minimum atomic E-state index is -0.524. The van der Waals surface area contributed by atoms with Gasteiger partial charge < -0.3 is 10.3 Å². The van der Waals surface area contributed by atoms with Gasteiger partial charge in [-0.15, -0.1) is 0 Å². The van der Waals surface area contributed by atoms with E-state index in [1.54, 1.807) is 13.0 Å². The van der Waals surface area contributed by atoms with Crippen molar-refractivity contribution in [3.63, 3.8) is 0 Å². The number of pyridine rings is 1. The second-order valence-electron chi connectivity index (χ2n) is 5.77. The third-order valence-electron chi connectivity index (χ3n) is 3.93. The maximum absolute atomic E-state index is 9.95. The zero-order valence-corrected chi connectivity index (χ0v) is 14.3. The van der Waals surface area contributed by atoms with Crippen molar-refractivity contribution in [2.24, 2.45) is 0 Å². The zero-order chi connectivity index (χ0) is 17.8. The second-order valence-corrected chi connectivity index (χ2v) is 5.77. The topological polar surface area (TPSA) is 86.7 Å². The van der Waals surface area contributed by atoms with E-state index in [4.69, 9.17) is 0 Å². The highest BCUT2D eigenvalue weighted by atomic mass is 16.2. The lowest BCUT2D eigenvalue weighted by molar-refractivity contribution is 0.593. The van der Waals surface area contributed by atoms with Gasteiger partial charge >= 0.3 is 6.92 Å². The molecule has 7 heteroatoms. The smallest absolute Gasteiger partial charge is 0.320 e. The van der Waals surface area contributed by atoms with Crippen LogP contribution in [-0.2, 0) is 6.42 Å². The summed E-state index contributed by atoms with van der Waals surface area (Å²) in [5.41, 5.74) is 4.16. The Morgan fingerprint density at radius 3 is 2.84 bits per heavy atom. The Kier molecular flexibility index (Phi) is 4.95. The standard InChI is InChI=1S/C18H20BN5O/c1-4-13-8-9-14(11-15(13)19(3)25)21-12(2)17-22-18(24-23-17)16-7-5-6-10-20-16/h5-11,21,25H,2,4H2,1,3H3,(H,22,23,24). The summed E-state index contributed by atoms with van der Waals surface area (Å²) in [7, 11) is 0. The molecule has 2 aromatic heterocycles. The first-order chi connectivity index (χ1) is 12.1. The quantitative estimate of drug-likeness (QED) is 0.603. The minimum absolute atomic E-state index is 0.471. The van der Waals surface area contributed by atoms with Gasteiger partial charge in [-0.05, 0) is 36.1 Å². The van der Waals surface area contributed by atoms with Crippen LogP contribution in [0.3, 0.4) is 0 Å². The van der Waals surface area contributed by atoms with E-state index in [0.717, 1.165) is 28.8 Å². The Morgan fingerprint density at radius 1 is 1.32 bits per heavy atom. The molecule has 0 radical (unpaired) electrons. The summed E-state index contributed by atoms with van der Waals surface area (Å²) in [6, 6.07) is 11.5. The number of rotatable bonds is 6. The molecule has 0 fully saturated rings. The predicted molar refractivity (Wildman–Crippen MR) is 102 cm³/mol. The number of H-pyrrole nitrogens is 1. The van der Waals surface area contributed by atoms with E-state index in [2.05, 4.69) is 39.0 Å². The fourth-order valence-corrected chi connectivity index (χ4v) is 2.63. The highest BCUT2D eigenvalue weighted by molar-refractivity contribution is 6.65. The van der Waals surface area contributed by atoms with Gasteiger partial charge in [-0.3, -0.25) is 10.1 Å². The highest BCUT2D eigenvalue weighted by Crippen LogP contribution is 2.17. The lowest BCUT2D eigenvalue weighted by atomic mass is 9.62. The molecule has 0 aliphatic heterocycles. The van der Waals surface area contributed by atoms with Crippen molar-refractivity contribution in [2.75, 3.05) is 5.32 Å². The summed E-state index contributed by atoms with van der Waals surface area (Å²) in [4.78, 5) is 8.67. The molecular formula is C18H20BN5O. The van der Waals surface area contributed by atoms with Crippen LogP contribution < -0.4 is 10.8 Å². The van der Waals surface area contributed by atoms with Crippen LogP contribution in [0.2, 0.25) is 6.82 Å². The summed E-state index contributed by atoms with van der Waals surface area (Å²) in [5, 5.41) is 20.2. The lowest BCUT2D eigenvalue weighted by Gasteiger charge is -2.13. The summed E-state index contributed by atoms with van der Waals surface area (Å²) >= 11 is 0. The van der Waals surface area contributed by atoms with E-state index < -0.39 is 6.92 Å². The van der Waals surface area contributed by atoms with E-state index in [9.17, 15) is 5.02 Å². The van der Waals surface area contributed by atoms with Gasteiger partial charge in [0.1, 0.15) is 5.69 Å². The number of nitrogens with one attached hydrogen (secondary N) is 2. The van der Waals surface area contributed by atoms with Gasteiger partial charge in [0.2, 0.25) is 0 Å². The summed E-state index contributed by atoms with van der Waals surface area (Å²) in [6.07, 6.45) is 2.58. The molecule has 1 aromatic carbocycles. The first kappa shape index (κ1) is 16.9. The van der Waals surface area contributed by atoms with Gasteiger partial charge in [-0.25, -0.2) is 4.98 Å². The number of aromatic amines is 1. The number of aromatic nitrogens is 4. The number of hydrogen-bond donors (Lipinski definition) is 3. The maximum Gasteiger partial charge on any atom is 0.320 e. The first-order valence-corrected chi connectivity index (χ1v) is 8.19. The van der Waals surface area contributed by atoms with Crippen LogP contribution in [0.4, 0.5) is 5.69 Å². The zero-order valence-electron chi connectivity index (χ0n) is 14.3. The van der Waals surface area contributed by atoms with Crippen molar-refractivity contribution < 1.29 is 5.02 Å². The molecule has 0 amide bonds. The first-order valence-electron chi connectivity index (χ1n) is 8.19. The monoisotopic (exact) mass is 333 g/mol. The molecule has 0 aliphatic carbocycles. The summed E-state index contributed by atoms with van der Waals surface area (Å²) in [5.74, 6) is 1.06. The molecule has 3 aromatic rings. The molecule has 3 N–H and O–H groups in total. The van der Waals surface area contributed by atoms with E-state index >= 15 is 0 Å². The van der Waals surface area contributed by atoms with E-state index in [0.29, 0.717) is 17.3 Å². The van der Waals surface area contributed by atoms with Crippen LogP contribution in [0.15, 0.2) is 49.2 Å². The number of benzene rings is 1. The third kappa shape index (κ3) is 3.77. The molecule has 2 heterocycles. The Hall–Kier alpha value is -2.93. The molecule has 0 spiro atoms. The normalized spacial score (nSPS) is 10.5. The van der Waals surface area contributed by atoms with E-state index in [1.165, 1.54) is 0 Å².